The molecule has 4 rings (SSSR count). The van der Waals surface area contributed by atoms with Gasteiger partial charge in [0.25, 0.3) is 0 Å². The molecule has 3 aliphatic rings. The lowest BCUT2D eigenvalue weighted by molar-refractivity contribution is -0.199. The molecule has 5 nitrogen and oxygen atoms in total. The molecule has 3 aliphatic carbocycles. The highest BCUT2D eigenvalue weighted by atomic mass is 16.5. The van der Waals surface area contributed by atoms with Crippen molar-refractivity contribution in [3.8, 4) is 0 Å². The maximum Gasteiger partial charge on any atom is 0.309 e. The molecule has 2 bridgehead atoms. The highest BCUT2D eigenvalue weighted by molar-refractivity contribution is 5.80. The van der Waals surface area contributed by atoms with E-state index in [1.54, 1.807) is 6.92 Å². The second-order valence-corrected chi connectivity index (χ2v) is 4.54. The van der Waals surface area contributed by atoms with Gasteiger partial charge in [-0.1, -0.05) is 5.16 Å². The van der Waals surface area contributed by atoms with Crippen LogP contribution in [0.4, 0.5) is 0 Å². The molecule has 74 valence electrons. The summed E-state index contributed by atoms with van der Waals surface area (Å²) in [7, 11) is 0. The van der Waals surface area contributed by atoms with Gasteiger partial charge in [0.05, 0.1) is 10.8 Å². The van der Waals surface area contributed by atoms with Crippen LogP contribution in [-0.2, 0) is 10.2 Å². The predicted octanol–water partition coefficient (Wildman–Crippen LogP) is 0.884. The Labute approximate surface area is 80.1 Å². The minimum Gasteiger partial charge on any atom is -0.481 e. The lowest BCUT2D eigenvalue weighted by Gasteiger charge is -2.65. The van der Waals surface area contributed by atoms with Crippen molar-refractivity contribution < 1.29 is 14.4 Å². The van der Waals surface area contributed by atoms with Crippen LogP contribution in [0, 0.1) is 12.3 Å². The fourth-order valence-electron chi connectivity index (χ4n) is 2.75. The normalized spacial score (nSPS) is 38.6. The van der Waals surface area contributed by atoms with Crippen LogP contribution in [0.2, 0.25) is 0 Å². The number of carboxylic acid groups (broad SMARTS) is 1. The molecule has 0 aromatic carbocycles. The summed E-state index contributed by atoms with van der Waals surface area (Å²) in [6, 6.07) is 0. The molecule has 5 heteroatoms. The Bertz CT molecular complexity index is 404. The molecule has 0 saturated heterocycles. The Kier molecular flexibility index (Phi) is 1.13. The number of aromatic nitrogens is 2. The van der Waals surface area contributed by atoms with E-state index < -0.39 is 11.4 Å². The summed E-state index contributed by atoms with van der Waals surface area (Å²) in [6.07, 6.45) is 1.99. The first-order valence-electron chi connectivity index (χ1n) is 4.61. The number of aliphatic carboxylic acids is 1. The monoisotopic (exact) mass is 194 g/mol. The van der Waals surface area contributed by atoms with E-state index in [4.69, 9.17) is 9.63 Å². The molecule has 1 aromatic rings. The maximum absolute atomic E-state index is 10.9. The van der Waals surface area contributed by atoms with Gasteiger partial charge in [0.1, 0.15) is 0 Å². The summed E-state index contributed by atoms with van der Waals surface area (Å²) in [6.45, 7) is 1.77. The number of hydrogen-bond acceptors (Lipinski definition) is 4. The third-order valence-corrected chi connectivity index (χ3v) is 3.47. The smallest absolute Gasteiger partial charge is 0.309 e. The summed E-state index contributed by atoms with van der Waals surface area (Å²) in [4.78, 5) is 15.0. The van der Waals surface area contributed by atoms with E-state index in [1.165, 1.54) is 0 Å². The van der Waals surface area contributed by atoms with Crippen LogP contribution in [0.1, 0.15) is 31.0 Å². The number of rotatable bonds is 2. The maximum atomic E-state index is 10.9. The zero-order chi connectivity index (χ0) is 9.97. The van der Waals surface area contributed by atoms with E-state index in [9.17, 15) is 4.79 Å². The van der Waals surface area contributed by atoms with E-state index in [0.717, 1.165) is 0 Å². The summed E-state index contributed by atoms with van der Waals surface area (Å²) >= 11 is 0. The molecule has 3 saturated carbocycles. The molecule has 0 radical (unpaired) electrons. The van der Waals surface area contributed by atoms with Crippen LogP contribution in [0.5, 0.6) is 0 Å². The minimum atomic E-state index is -0.685. The quantitative estimate of drug-likeness (QED) is 0.756. The fourth-order valence-corrected chi connectivity index (χ4v) is 2.75. The van der Waals surface area contributed by atoms with Crippen LogP contribution in [0.25, 0.3) is 0 Å². The first-order valence-corrected chi connectivity index (χ1v) is 4.61. The second kappa shape index (κ2) is 1.99. The first-order chi connectivity index (χ1) is 6.56. The number of hydrogen-bond donors (Lipinski definition) is 1. The Morgan fingerprint density at radius 2 is 2.14 bits per heavy atom. The average molecular weight is 194 g/mol. The van der Waals surface area contributed by atoms with Crippen molar-refractivity contribution in [2.24, 2.45) is 5.41 Å². The van der Waals surface area contributed by atoms with Crippen LogP contribution >= 0.6 is 0 Å². The molecule has 0 aliphatic heterocycles. The number of aryl methyl sites for hydroxylation is 1. The van der Waals surface area contributed by atoms with Crippen LogP contribution in [-0.4, -0.2) is 21.2 Å². The van der Waals surface area contributed by atoms with Crippen molar-refractivity contribution in [3.05, 3.63) is 11.7 Å². The van der Waals surface area contributed by atoms with Gasteiger partial charge in [-0.2, -0.15) is 4.98 Å². The molecule has 0 spiro atoms. The van der Waals surface area contributed by atoms with E-state index in [1.807, 2.05) is 0 Å². The van der Waals surface area contributed by atoms with Gasteiger partial charge in [0, 0.05) is 0 Å². The molecule has 0 atom stereocenters. The Hall–Kier alpha value is -1.39. The lowest BCUT2D eigenvalue weighted by atomic mass is 9.35. The zero-order valence-electron chi connectivity index (χ0n) is 7.78. The van der Waals surface area contributed by atoms with Gasteiger partial charge in [-0.25, -0.2) is 0 Å². The van der Waals surface area contributed by atoms with Crippen LogP contribution in [0.15, 0.2) is 4.52 Å². The molecule has 0 unspecified atom stereocenters. The van der Waals surface area contributed by atoms with Crippen molar-refractivity contribution in [1.29, 1.82) is 0 Å². The largest absolute Gasteiger partial charge is 0.481 e. The van der Waals surface area contributed by atoms with Crippen molar-refractivity contribution in [2.75, 3.05) is 0 Å². The Morgan fingerprint density at radius 1 is 1.50 bits per heavy atom. The summed E-state index contributed by atoms with van der Waals surface area (Å²) in [5.41, 5.74) is -0.567. The standard InChI is InChI=1S/C9H10N2O3/c1-5-10-6(14-11-5)8-2-9(3-8,4-8)7(12)13/h2-4H2,1H3,(H,12,13). The molecular formula is C9H10N2O3. The number of nitrogens with zero attached hydrogens (tertiary/aromatic N) is 2. The zero-order valence-corrected chi connectivity index (χ0v) is 7.78. The molecule has 1 heterocycles. The summed E-state index contributed by atoms with van der Waals surface area (Å²) < 4.78 is 5.08. The molecule has 1 N–H and O–H groups in total. The highest BCUT2D eigenvalue weighted by Crippen LogP contribution is 2.73. The molecule has 3 fully saturated rings. The van der Waals surface area contributed by atoms with Gasteiger partial charge < -0.3 is 9.63 Å². The van der Waals surface area contributed by atoms with Crippen LogP contribution < -0.4 is 0 Å². The Morgan fingerprint density at radius 3 is 2.57 bits per heavy atom. The van der Waals surface area contributed by atoms with E-state index in [0.29, 0.717) is 31.0 Å². The van der Waals surface area contributed by atoms with Gasteiger partial charge in [0.15, 0.2) is 5.82 Å². The summed E-state index contributed by atoms with van der Waals surface area (Å²) in [5.74, 6) is 0.558. The van der Waals surface area contributed by atoms with E-state index in [-0.39, 0.29) is 5.41 Å². The fraction of sp³-hybridized carbons (Fsp3) is 0.667. The van der Waals surface area contributed by atoms with Gasteiger partial charge in [-0.3, -0.25) is 4.79 Å². The average Bonchev–Trinajstić information content (AvgIpc) is 2.28. The van der Waals surface area contributed by atoms with Gasteiger partial charge in [0.2, 0.25) is 5.89 Å². The first kappa shape index (κ1) is 7.96. The molecular weight excluding hydrogens is 184 g/mol. The molecule has 14 heavy (non-hydrogen) atoms. The van der Waals surface area contributed by atoms with Crippen molar-refractivity contribution in [1.82, 2.24) is 10.1 Å². The number of carboxylic acids is 1. The predicted molar refractivity (Wildman–Crippen MR) is 44.6 cm³/mol. The molecule has 0 amide bonds. The van der Waals surface area contributed by atoms with E-state index >= 15 is 0 Å². The minimum absolute atomic E-state index is 0.0976. The Balaban J connectivity index is 1.84. The van der Waals surface area contributed by atoms with E-state index in [2.05, 4.69) is 10.1 Å². The highest BCUT2D eigenvalue weighted by Gasteiger charge is 2.75. The van der Waals surface area contributed by atoms with Crippen molar-refractivity contribution in [2.45, 2.75) is 31.6 Å². The van der Waals surface area contributed by atoms with Gasteiger partial charge in [-0.05, 0) is 26.2 Å². The third-order valence-electron chi connectivity index (χ3n) is 3.47. The number of carbonyl (C=O) groups is 1. The molecule has 1 aromatic heterocycles. The topological polar surface area (TPSA) is 76.2 Å². The van der Waals surface area contributed by atoms with Crippen molar-refractivity contribution >= 4 is 5.97 Å². The summed E-state index contributed by atoms with van der Waals surface area (Å²) in [5, 5.41) is 12.7. The SMILES string of the molecule is Cc1noc(C23CC(C(=O)O)(C2)C3)n1. The van der Waals surface area contributed by atoms with Gasteiger partial charge in [-0.15, -0.1) is 0 Å². The van der Waals surface area contributed by atoms with Crippen molar-refractivity contribution in [3.63, 3.8) is 0 Å². The third kappa shape index (κ3) is 0.693. The van der Waals surface area contributed by atoms with Gasteiger partial charge >= 0.3 is 5.97 Å². The lowest BCUT2D eigenvalue weighted by Crippen LogP contribution is -2.68. The second-order valence-electron chi connectivity index (χ2n) is 4.54. The van der Waals surface area contributed by atoms with Crippen LogP contribution in [0.3, 0.4) is 0 Å².